The van der Waals surface area contributed by atoms with Crippen molar-refractivity contribution >= 4 is 43.3 Å². The minimum absolute atomic E-state index is 0.00488. The van der Waals surface area contributed by atoms with Crippen molar-refractivity contribution < 1.29 is 21.6 Å². The van der Waals surface area contributed by atoms with Crippen LogP contribution in [0.15, 0.2) is 82.6 Å². The monoisotopic (exact) mass is 585 g/mol. The summed E-state index contributed by atoms with van der Waals surface area (Å²) >= 11 is 0. The number of nitrogens with two attached hydrogens (primary N) is 1. The number of nitrogens with one attached hydrogen (secondary N) is 4. The highest BCUT2D eigenvalue weighted by atomic mass is 32.2. The number of carbonyl (C=O) groups excluding carboxylic acids is 1. The van der Waals surface area contributed by atoms with Gasteiger partial charge >= 0.3 is 6.03 Å². The molecule has 1 fully saturated rings. The first-order valence-corrected chi connectivity index (χ1v) is 15.4. The van der Waals surface area contributed by atoms with Gasteiger partial charge in [0.1, 0.15) is 5.84 Å². The first-order valence-electron chi connectivity index (χ1n) is 12.3. The molecule has 6 N–H and O–H groups in total. The molecule has 40 heavy (non-hydrogen) atoms. The molecule has 2 amide bonds. The number of anilines is 2. The maximum absolute atomic E-state index is 12.7. The molecule has 1 aliphatic rings. The predicted octanol–water partition coefficient (Wildman–Crippen LogP) is 2.03. The summed E-state index contributed by atoms with van der Waals surface area (Å²) in [6, 6.07) is 17.8. The summed E-state index contributed by atoms with van der Waals surface area (Å²) in [6.07, 6.45) is 0. The van der Waals surface area contributed by atoms with Crippen molar-refractivity contribution in [2.24, 2.45) is 5.14 Å². The SMILES string of the molecule is CN1CCN(C(=N)c2cccc(NC(=O)Nc3ccc(S(=O)(=O)NCc4ccc(S(N)(=O)=O)cc4)cc3)c2)CC1. The topological polar surface area (TPSA) is 178 Å². The van der Waals surface area contributed by atoms with Gasteiger partial charge in [0.25, 0.3) is 0 Å². The molecule has 0 spiro atoms. The lowest BCUT2D eigenvalue weighted by molar-refractivity contribution is 0.215. The third-order valence-electron chi connectivity index (χ3n) is 6.35. The Balaban J connectivity index is 1.32. The number of rotatable bonds is 8. The van der Waals surface area contributed by atoms with Crippen LogP contribution in [0.3, 0.4) is 0 Å². The molecule has 0 saturated carbocycles. The van der Waals surface area contributed by atoms with Gasteiger partial charge in [0, 0.05) is 49.7 Å². The van der Waals surface area contributed by atoms with E-state index in [0.717, 1.165) is 26.2 Å². The maximum Gasteiger partial charge on any atom is 0.323 e. The first-order chi connectivity index (χ1) is 18.9. The lowest BCUT2D eigenvalue weighted by atomic mass is 10.1. The predicted molar refractivity (Wildman–Crippen MR) is 153 cm³/mol. The van der Waals surface area contributed by atoms with Crippen LogP contribution in [-0.4, -0.2) is 71.7 Å². The number of hydrogen-bond acceptors (Lipinski definition) is 7. The van der Waals surface area contributed by atoms with E-state index in [1.807, 2.05) is 11.0 Å². The first kappa shape index (κ1) is 29.2. The molecule has 14 heteroatoms. The Morgan fingerprint density at radius 3 is 2.08 bits per heavy atom. The minimum Gasteiger partial charge on any atom is -0.354 e. The zero-order valence-electron chi connectivity index (χ0n) is 21.8. The van der Waals surface area contributed by atoms with Crippen molar-refractivity contribution in [2.45, 2.75) is 16.3 Å². The average molecular weight is 586 g/mol. The van der Waals surface area contributed by atoms with E-state index >= 15 is 0 Å². The number of primary sulfonamides is 1. The van der Waals surface area contributed by atoms with Gasteiger partial charge in [-0.2, -0.15) is 0 Å². The smallest absolute Gasteiger partial charge is 0.323 e. The van der Waals surface area contributed by atoms with Crippen molar-refractivity contribution in [2.75, 3.05) is 43.9 Å². The Morgan fingerprint density at radius 2 is 1.45 bits per heavy atom. The Labute approximate surface area is 233 Å². The second-order valence-corrected chi connectivity index (χ2v) is 12.7. The van der Waals surface area contributed by atoms with Crippen LogP contribution in [0.5, 0.6) is 0 Å². The van der Waals surface area contributed by atoms with Crippen molar-refractivity contribution in [1.29, 1.82) is 5.41 Å². The van der Waals surface area contributed by atoms with Crippen LogP contribution in [0.25, 0.3) is 0 Å². The molecule has 3 aromatic carbocycles. The van der Waals surface area contributed by atoms with Gasteiger partial charge in [-0.1, -0.05) is 24.3 Å². The van der Waals surface area contributed by atoms with Crippen LogP contribution in [0.2, 0.25) is 0 Å². The van der Waals surface area contributed by atoms with Crippen LogP contribution in [0.1, 0.15) is 11.1 Å². The van der Waals surface area contributed by atoms with Gasteiger partial charge in [-0.3, -0.25) is 5.41 Å². The van der Waals surface area contributed by atoms with Gasteiger partial charge < -0.3 is 20.4 Å². The fraction of sp³-hybridized carbons (Fsp3) is 0.231. The van der Waals surface area contributed by atoms with E-state index in [-0.39, 0.29) is 16.3 Å². The summed E-state index contributed by atoms with van der Waals surface area (Å²) in [5.74, 6) is 0.406. The van der Waals surface area contributed by atoms with Crippen LogP contribution in [-0.2, 0) is 26.6 Å². The van der Waals surface area contributed by atoms with Crippen LogP contribution in [0, 0.1) is 5.41 Å². The fourth-order valence-corrected chi connectivity index (χ4v) is 5.56. The molecule has 0 radical (unpaired) electrons. The summed E-state index contributed by atoms with van der Waals surface area (Å²) in [4.78, 5) is 16.7. The highest BCUT2D eigenvalue weighted by Gasteiger charge is 2.18. The third-order valence-corrected chi connectivity index (χ3v) is 8.70. The van der Waals surface area contributed by atoms with Gasteiger partial charge in [-0.15, -0.1) is 0 Å². The van der Waals surface area contributed by atoms with Crippen LogP contribution in [0.4, 0.5) is 16.2 Å². The average Bonchev–Trinajstić information content (AvgIpc) is 2.92. The number of likely N-dealkylation sites (N-methyl/N-ethyl adjacent to an activating group) is 1. The number of amidine groups is 1. The number of piperazine rings is 1. The molecular weight excluding hydrogens is 554 g/mol. The fourth-order valence-electron chi connectivity index (χ4n) is 4.03. The molecule has 0 atom stereocenters. The van der Waals surface area contributed by atoms with E-state index in [4.69, 9.17) is 10.5 Å². The van der Waals surface area contributed by atoms with Gasteiger partial charge in [0.15, 0.2) is 0 Å². The Kier molecular flexibility index (Phi) is 8.85. The van der Waals surface area contributed by atoms with E-state index in [1.54, 1.807) is 18.2 Å². The van der Waals surface area contributed by atoms with Crippen LogP contribution >= 0.6 is 0 Å². The van der Waals surface area contributed by atoms with Gasteiger partial charge in [0.05, 0.1) is 9.79 Å². The molecule has 0 aromatic heterocycles. The highest BCUT2D eigenvalue weighted by molar-refractivity contribution is 7.89. The van der Waals surface area contributed by atoms with E-state index in [0.29, 0.717) is 28.3 Å². The van der Waals surface area contributed by atoms with E-state index < -0.39 is 26.1 Å². The van der Waals surface area contributed by atoms with Crippen LogP contribution < -0.4 is 20.5 Å². The highest BCUT2D eigenvalue weighted by Crippen LogP contribution is 2.17. The Morgan fingerprint density at radius 1 is 0.850 bits per heavy atom. The molecule has 3 aromatic rings. The van der Waals surface area contributed by atoms with Crippen molar-refractivity contribution in [1.82, 2.24) is 14.5 Å². The quantitative estimate of drug-likeness (QED) is 0.198. The molecule has 1 heterocycles. The van der Waals surface area contributed by atoms with E-state index in [1.165, 1.54) is 48.5 Å². The maximum atomic E-state index is 12.7. The van der Waals surface area contributed by atoms with Crippen molar-refractivity contribution in [3.05, 3.63) is 83.9 Å². The molecule has 4 rings (SSSR count). The Bertz CT molecular complexity index is 1590. The van der Waals surface area contributed by atoms with Gasteiger partial charge in [-0.05, 0) is 61.1 Å². The van der Waals surface area contributed by atoms with Gasteiger partial charge in [-0.25, -0.2) is 31.5 Å². The zero-order valence-corrected chi connectivity index (χ0v) is 23.4. The van der Waals surface area contributed by atoms with E-state index in [2.05, 4.69) is 27.3 Å². The third kappa shape index (κ3) is 7.64. The molecule has 0 unspecified atom stereocenters. The van der Waals surface area contributed by atoms with E-state index in [9.17, 15) is 21.6 Å². The Hall–Kier alpha value is -3.82. The lowest BCUT2D eigenvalue weighted by Crippen LogP contribution is -2.47. The standard InChI is InChI=1S/C26H31N7O5S2/c1-32-13-15-33(16-14-32)25(27)20-3-2-4-22(17-20)31-26(34)30-21-7-11-24(12-8-21)40(37,38)29-18-19-5-9-23(10-6-19)39(28,35)36/h2-12,17,27,29H,13-16,18H2,1H3,(H2,28,35,36)(H2,30,31,34). The molecule has 12 nitrogen and oxygen atoms in total. The largest absolute Gasteiger partial charge is 0.354 e. The number of sulfonamides is 2. The number of amides is 2. The normalized spacial score (nSPS) is 14.5. The van der Waals surface area contributed by atoms with Gasteiger partial charge in [0.2, 0.25) is 20.0 Å². The minimum atomic E-state index is -3.86. The molecule has 0 aliphatic carbocycles. The summed E-state index contributed by atoms with van der Waals surface area (Å²) in [7, 11) is -5.64. The number of hydrogen-bond donors (Lipinski definition) is 5. The number of urea groups is 1. The molecule has 1 aliphatic heterocycles. The summed E-state index contributed by atoms with van der Waals surface area (Å²) < 4.78 is 50.5. The van der Waals surface area contributed by atoms with Crippen molar-refractivity contribution in [3.63, 3.8) is 0 Å². The number of carbonyl (C=O) groups is 1. The second kappa shape index (κ2) is 12.1. The molecule has 1 saturated heterocycles. The summed E-state index contributed by atoms with van der Waals surface area (Å²) in [5, 5.41) is 19.0. The van der Waals surface area contributed by atoms with Crippen molar-refractivity contribution in [3.8, 4) is 0 Å². The zero-order chi connectivity index (χ0) is 28.9. The number of benzene rings is 3. The lowest BCUT2D eigenvalue weighted by Gasteiger charge is -2.34. The molecule has 0 bridgehead atoms. The second-order valence-electron chi connectivity index (χ2n) is 9.34. The molecule has 212 valence electrons. The molecular formula is C26H31N7O5S2. The summed E-state index contributed by atoms with van der Waals surface area (Å²) in [6.45, 7) is 3.25. The number of nitrogens with zero attached hydrogens (tertiary/aromatic N) is 2. The summed E-state index contributed by atoms with van der Waals surface area (Å²) in [5.41, 5.74) is 2.16.